The maximum absolute atomic E-state index is 13.4. The quantitative estimate of drug-likeness (QED) is 0.434. The van der Waals surface area contributed by atoms with Crippen LogP contribution in [0.25, 0.3) is 11.1 Å². The van der Waals surface area contributed by atoms with Crippen molar-refractivity contribution in [2.45, 2.75) is 36.9 Å². The average molecular weight is 461 g/mol. The van der Waals surface area contributed by atoms with Crippen LogP contribution in [0.2, 0.25) is 0 Å². The summed E-state index contributed by atoms with van der Waals surface area (Å²) in [7, 11) is -3.80. The molecule has 8 nitrogen and oxygen atoms in total. The summed E-state index contributed by atoms with van der Waals surface area (Å²) in [6.45, 7) is 2.41. The Balaban J connectivity index is 1.37. The van der Waals surface area contributed by atoms with Gasteiger partial charge in [-0.2, -0.15) is 4.31 Å². The van der Waals surface area contributed by atoms with Gasteiger partial charge in [0.1, 0.15) is 6.33 Å². The molecule has 2 atom stereocenters. The highest BCUT2D eigenvalue weighted by Crippen LogP contribution is 2.35. The summed E-state index contributed by atoms with van der Waals surface area (Å²) >= 11 is 0. The molecule has 1 aliphatic heterocycles. The van der Waals surface area contributed by atoms with Gasteiger partial charge in [-0.05, 0) is 42.5 Å². The summed E-state index contributed by atoms with van der Waals surface area (Å²) < 4.78 is 29.8. The van der Waals surface area contributed by atoms with E-state index in [0.717, 1.165) is 23.1 Å². The van der Waals surface area contributed by atoms with E-state index in [4.69, 9.17) is 0 Å². The first-order valence-corrected chi connectivity index (χ1v) is 12.3. The highest BCUT2D eigenvalue weighted by Gasteiger charge is 2.38. The number of aromatic nitrogens is 5. The van der Waals surface area contributed by atoms with Crippen LogP contribution in [0.1, 0.15) is 43.1 Å². The summed E-state index contributed by atoms with van der Waals surface area (Å²) in [4.78, 5) is 8.19. The summed E-state index contributed by atoms with van der Waals surface area (Å²) in [6.07, 6.45) is 6.08. The normalized spacial score (nSPS) is 17.8. The lowest BCUT2D eigenvalue weighted by molar-refractivity contribution is 0.388. The highest BCUT2D eigenvalue weighted by atomic mass is 32.2. The van der Waals surface area contributed by atoms with Crippen LogP contribution in [0.5, 0.6) is 0 Å². The molecule has 33 heavy (non-hydrogen) atoms. The number of nitrogens with zero attached hydrogens (tertiary/aromatic N) is 6. The van der Waals surface area contributed by atoms with E-state index >= 15 is 0 Å². The molecular formula is C24H24N6O2S. The molecule has 0 bridgehead atoms. The Kier molecular flexibility index (Phi) is 5.74. The monoisotopic (exact) mass is 460 g/mol. The molecule has 0 N–H and O–H groups in total. The van der Waals surface area contributed by atoms with Crippen molar-refractivity contribution in [3.05, 3.63) is 90.6 Å². The SMILES string of the molecule is CC(c1ccc(-c2ccccc2)cc1)n1cc(S(=O)(=O)N2CCCC2c2ccncn2)nn1. The van der Waals surface area contributed by atoms with Gasteiger partial charge in [0.05, 0.1) is 24.0 Å². The zero-order chi connectivity index (χ0) is 22.8. The fraction of sp³-hybridized carbons (Fsp3) is 0.250. The molecule has 1 saturated heterocycles. The zero-order valence-electron chi connectivity index (χ0n) is 18.2. The predicted molar refractivity (Wildman–Crippen MR) is 124 cm³/mol. The van der Waals surface area contributed by atoms with Gasteiger partial charge < -0.3 is 0 Å². The van der Waals surface area contributed by atoms with Gasteiger partial charge in [0.2, 0.25) is 5.03 Å². The number of hydrogen-bond acceptors (Lipinski definition) is 6. The Hall–Kier alpha value is -3.43. The van der Waals surface area contributed by atoms with Crippen LogP contribution >= 0.6 is 0 Å². The fourth-order valence-corrected chi connectivity index (χ4v) is 5.79. The minimum absolute atomic E-state index is 0.0452. The second kappa shape index (κ2) is 8.84. The van der Waals surface area contributed by atoms with Crippen molar-refractivity contribution < 1.29 is 8.42 Å². The third kappa shape index (κ3) is 4.17. The molecule has 1 aliphatic rings. The first-order valence-electron chi connectivity index (χ1n) is 10.9. The zero-order valence-corrected chi connectivity index (χ0v) is 19.0. The van der Waals surface area contributed by atoms with Crippen molar-refractivity contribution in [1.82, 2.24) is 29.3 Å². The van der Waals surface area contributed by atoms with Crippen LogP contribution in [-0.2, 0) is 10.0 Å². The van der Waals surface area contributed by atoms with E-state index in [1.165, 1.54) is 16.8 Å². The highest BCUT2D eigenvalue weighted by molar-refractivity contribution is 7.89. The van der Waals surface area contributed by atoms with Gasteiger partial charge in [-0.1, -0.05) is 59.8 Å². The van der Waals surface area contributed by atoms with Gasteiger partial charge in [0, 0.05) is 12.7 Å². The Morgan fingerprint density at radius 1 is 1.00 bits per heavy atom. The molecule has 5 rings (SSSR count). The molecule has 3 heterocycles. The van der Waals surface area contributed by atoms with E-state index in [9.17, 15) is 8.42 Å². The molecule has 0 amide bonds. The second-order valence-corrected chi connectivity index (χ2v) is 9.95. The maximum atomic E-state index is 13.4. The molecule has 9 heteroatoms. The molecule has 0 saturated carbocycles. The number of sulfonamides is 1. The second-order valence-electron chi connectivity index (χ2n) is 8.11. The molecular weight excluding hydrogens is 436 g/mol. The van der Waals surface area contributed by atoms with Crippen molar-refractivity contribution in [2.75, 3.05) is 6.54 Å². The molecule has 4 aromatic rings. The largest absolute Gasteiger partial charge is 0.264 e. The predicted octanol–water partition coefficient (Wildman–Crippen LogP) is 3.87. The van der Waals surface area contributed by atoms with Crippen molar-refractivity contribution in [1.29, 1.82) is 0 Å². The van der Waals surface area contributed by atoms with Crippen LogP contribution in [0.4, 0.5) is 0 Å². The van der Waals surface area contributed by atoms with Gasteiger partial charge in [0.15, 0.2) is 0 Å². The van der Waals surface area contributed by atoms with Gasteiger partial charge >= 0.3 is 0 Å². The van der Waals surface area contributed by atoms with Gasteiger partial charge in [-0.3, -0.25) is 0 Å². The summed E-state index contributed by atoms with van der Waals surface area (Å²) in [5.74, 6) is 0. The van der Waals surface area contributed by atoms with Gasteiger partial charge in [-0.15, -0.1) is 5.10 Å². The van der Waals surface area contributed by atoms with E-state index in [1.807, 2.05) is 37.3 Å². The summed E-state index contributed by atoms with van der Waals surface area (Å²) in [5.41, 5.74) is 3.99. The smallest absolute Gasteiger partial charge is 0.245 e. The molecule has 0 aliphatic carbocycles. The summed E-state index contributed by atoms with van der Waals surface area (Å²) in [6, 6.07) is 19.6. The molecule has 2 aromatic carbocycles. The van der Waals surface area contributed by atoms with Crippen LogP contribution in [0, 0.1) is 0 Å². The first kappa shape index (κ1) is 21.4. The lowest BCUT2D eigenvalue weighted by Gasteiger charge is -2.22. The van der Waals surface area contributed by atoms with Crippen molar-refractivity contribution in [2.24, 2.45) is 0 Å². The minimum atomic E-state index is -3.80. The molecule has 0 spiro atoms. The van der Waals surface area contributed by atoms with Crippen molar-refractivity contribution in [3.63, 3.8) is 0 Å². The van der Waals surface area contributed by atoms with E-state index in [1.54, 1.807) is 16.9 Å². The molecule has 168 valence electrons. The Bertz CT molecular complexity index is 1320. The standard InChI is InChI=1S/C24H24N6O2S/c1-18(19-9-11-21(12-10-19)20-6-3-2-4-7-20)29-16-24(27-28-29)33(31,32)30-15-5-8-23(30)22-13-14-25-17-26-22/h2-4,6-7,9-14,16-18,23H,5,8,15H2,1H3. The Labute approximate surface area is 193 Å². The third-order valence-electron chi connectivity index (χ3n) is 6.11. The topological polar surface area (TPSA) is 93.9 Å². The van der Waals surface area contributed by atoms with Gasteiger partial charge in [-0.25, -0.2) is 23.1 Å². The van der Waals surface area contributed by atoms with Crippen LogP contribution in [-0.4, -0.2) is 44.2 Å². The lowest BCUT2D eigenvalue weighted by atomic mass is 10.0. The van der Waals surface area contributed by atoms with E-state index < -0.39 is 10.0 Å². The van der Waals surface area contributed by atoms with Crippen molar-refractivity contribution in [3.8, 4) is 11.1 Å². The summed E-state index contributed by atoms with van der Waals surface area (Å²) in [5, 5.41) is 8.12. The number of hydrogen-bond donors (Lipinski definition) is 0. The van der Waals surface area contributed by atoms with Crippen molar-refractivity contribution >= 4 is 10.0 Å². The van der Waals surface area contributed by atoms with Crippen LogP contribution < -0.4 is 0 Å². The van der Waals surface area contributed by atoms with E-state index in [-0.39, 0.29) is 17.1 Å². The van der Waals surface area contributed by atoms with Gasteiger partial charge in [0.25, 0.3) is 10.0 Å². The Morgan fingerprint density at radius 2 is 1.76 bits per heavy atom. The molecule has 2 unspecified atom stereocenters. The molecule has 1 fully saturated rings. The molecule has 2 aromatic heterocycles. The molecule has 0 radical (unpaired) electrons. The number of benzene rings is 2. The van der Waals surface area contributed by atoms with E-state index in [0.29, 0.717) is 18.7 Å². The minimum Gasteiger partial charge on any atom is -0.245 e. The van der Waals surface area contributed by atoms with E-state index in [2.05, 4.69) is 44.5 Å². The Morgan fingerprint density at radius 3 is 2.48 bits per heavy atom. The number of rotatable bonds is 6. The van der Waals surface area contributed by atoms with Crippen LogP contribution in [0.15, 0.2) is 84.4 Å². The lowest BCUT2D eigenvalue weighted by Crippen LogP contribution is -2.31. The average Bonchev–Trinajstić information content (AvgIpc) is 3.56. The fourth-order valence-electron chi connectivity index (χ4n) is 4.25. The van der Waals surface area contributed by atoms with Crippen LogP contribution in [0.3, 0.4) is 0 Å². The first-order chi connectivity index (χ1) is 16.0. The maximum Gasteiger partial charge on any atom is 0.264 e. The third-order valence-corrected chi connectivity index (χ3v) is 7.88.